The number of hydrogen-bond acceptors (Lipinski definition) is 5. The number of nitrogens with zero attached hydrogens (tertiary/aromatic N) is 3. The van der Waals surface area contributed by atoms with Gasteiger partial charge < -0.3 is 10.1 Å². The van der Waals surface area contributed by atoms with Crippen LogP contribution in [0.4, 0.5) is 5.82 Å². The topological polar surface area (TPSA) is 50.3 Å². The zero-order chi connectivity index (χ0) is 15.1. The monoisotopic (exact) mass is 280 g/mol. The molecule has 0 aromatic carbocycles. The lowest BCUT2D eigenvalue weighted by Crippen LogP contribution is -2.39. The Balaban J connectivity index is 2.66. The zero-order valence-electron chi connectivity index (χ0n) is 13.6. The van der Waals surface area contributed by atoms with E-state index in [4.69, 9.17) is 4.74 Å². The van der Waals surface area contributed by atoms with E-state index in [9.17, 15) is 0 Å². The molecule has 5 heteroatoms. The summed E-state index contributed by atoms with van der Waals surface area (Å²) in [6.45, 7) is 12.5. The summed E-state index contributed by atoms with van der Waals surface area (Å²) in [5.74, 6) is 1.54. The summed E-state index contributed by atoms with van der Waals surface area (Å²) in [7, 11) is 1.87. The molecule has 0 saturated carbocycles. The Labute approximate surface area is 122 Å². The predicted octanol–water partition coefficient (Wildman–Crippen LogP) is 2.58. The van der Waals surface area contributed by atoms with Gasteiger partial charge in [0.25, 0.3) is 0 Å². The molecule has 1 aromatic rings. The standard InChI is InChI=1S/C15H28N4O/c1-7-13-14(16-6)17-10-18-15(13)20-9-8-19(11(2)3)12(4)5/h10-12H,7-9H2,1-6H3,(H,16,17,18). The van der Waals surface area contributed by atoms with Crippen molar-refractivity contribution in [2.24, 2.45) is 0 Å². The molecule has 0 atom stereocenters. The Kier molecular flexibility index (Phi) is 6.71. The van der Waals surface area contributed by atoms with Gasteiger partial charge in [-0.1, -0.05) is 6.92 Å². The smallest absolute Gasteiger partial charge is 0.221 e. The first-order chi connectivity index (χ1) is 9.51. The second-order valence-electron chi connectivity index (χ2n) is 5.38. The Morgan fingerprint density at radius 2 is 1.85 bits per heavy atom. The van der Waals surface area contributed by atoms with Crippen LogP contribution in [0.1, 0.15) is 40.2 Å². The molecule has 1 heterocycles. The van der Waals surface area contributed by atoms with Gasteiger partial charge in [0.15, 0.2) is 0 Å². The van der Waals surface area contributed by atoms with Crippen LogP contribution in [0.15, 0.2) is 6.33 Å². The predicted molar refractivity (Wildman–Crippen MR) is 83.4 cm³/mol. The summed E-state index contributed by atoms with van der Waals surface area (Å²) < 4.78 is 5.87. The maximum absolute atomic E-state index is 5.87. The maximum atomic E-state index is 5.87. The number of anilines is 1. The zero-order valence-corrected chi connectivity index (χ0v) is 13.6. The molecular weight excluding hydrogens is 252 g/mol. The lowest BCUT2D eigenvalue weighted by Gasteiger charge is -2.30. The Bertz CT molecular complexity index is 399. The largest absolute Gasteiger partial charge is 0.476 e. The molecule has 0 amide bonds. The SMILES string of the molecule is CCc1c(NC)ncnc1OCCN(C(C)C)C(C)C. The molecular formula is C15H28N4O. The van der Waals surface area contributed by atoms with Gasteiger partial charge in [-0.2, -0.15) is 0 Å². The first-order valence-electron chi connectivity index (χ1n) is 7.41. The first-order valence-corrected chi connectivity index (χ1v) is 7.41. The number of aromatic nitrogens is 2. The van der Waals surface area contributed by atoms with Crippen LogP contribution in [0.3, 0.4) is 0 Å². The molecule has 5 nitrogen and oxygen atoms in total. The highest BCUT2D eigenvalue weighted by molar-refractivity contribution is 5.48. The normalized spacial score (nSPS) is 11.4. The van der Waals surface area contributed by atoms with Crippen molar-refractivity contribution in [3.8, 4) is 5.88 Å². The van der Waals surface area contributed by atoms with Crippen molar-refractivity contribution in [3.63, 3.8) is 0 Å². The average molecular weight is 280 g/mol. The molecule has 20 heavy (non-hydrogen) atoms. The van der Waals surface area contributed by atoms with E-state index in [1.165, 1.54) is 0 Å². The Morgan fingerprint density at radius 1 is 1.20 bits per heavy atom. The van der Waals surface area contributed by atoms with Crippen LogP contribution in [0.25, 0.3) is 0 Å². The van der Waals surface area contributed by atoms with Gasteiger partial charge >= 0.3 is 0 Å². The molecule has 1 aromatic heterocycles. The molecule has 0 spiro atoms. The number of ether oxygens (including phenoxy) is 1. The van der Waals surface area contributed by atoms with Gasteiger partial charge in [0.2, 0.25) is 5.88 Å². The molecule has 0 bridgehead atoms. The highest BCUT2D eigenvalue weighted by atomic mass is 16.5. The van der Waals surface area contributed by atoms with Gasteiger partial charge in [-0.3, -0.25) is 4.90 Å². The third kappa shape index (κ3) is 4.34. The van der Waals surface area contributed by atoms with Crippen LogP contribution in [0, 0.1) is 0 Å². The summed E-state index contributed by atoms with van der Waals surface area (Å²) in [4.78, 5) is 10.9. The lowest BCUT2D eigenvalue weighted by atomic mass is 10.2. The van der Waals surface area contributed by atoms with Gasteiger partial charge in [0.05, 0.1) is 5.56 Å². The molecule has 0 unspecified atom stereocenters. The summed E-state index contributed by atoms with van der Waals surface area (Å²) >= 11 is 0. The van der Waals surface area contributed by atoms with Crippen molar-refractivity contribution in [1.82, 2.24) is 14.9 Å². The molecule has 0 aliphatic heterocycles. The second kappa shape index (κ2) is 8.04. The van der Waals surface area contributed by atoms with Crippen molar-refractivity contribution in [2.45, 2.75) is 53.1 Å². The fraction of sp³-hybridized carbons (Fsp3) is 0.733. The molecule has 1 N–H and O–H groups in total. The summed E-state index contributed by atoms with van der Waals surface area (Å²) in [5.41, 5.74) is 1.04. The minimum atomic E-state index is 0.516. The minimum absolute atomic E-state index is 0.516. The summed E-state index contributed by atoms with van der Waals surface area (Å²) in [6, 6.07) is 1.03. The van der Waals surface area contributed by atoms with Gasteiger partial charge in [-0.05, 0) is 34.1 Å². The lowest BCUT2D eigenvalue weighted by molar-refractivity contribution is 0.139. The van der Waals surface area contributed by atoms with Crippen LogP contribution in [-0.2, 0) is 6.42 Å². The van der Waals surface area contributed by atoms with Crippen LogP contribution in [0.5, 0.6) is 5.88 Å². The van der Waals surface area contributed by atoms with Crippen molar-refractivity contribution < 1.29 is 4.74 Å². The maximum Gasteiger partial charge on any atom is 0.221 e. The van der Waals surface area contributed by atoms with E-state index in [2.05, 4.69) is 54.8 Å². The summed E-state index contributed by atoms with van der Waals surface area (Å²) in [5, 5.41) is 3.08. The quantitative estimate of drug-likeness (QED) is 0.793. The molecule has 0 aliphatic rings. The van der Waals surface area contributed by atoms with Crippen molar-refractivity contribution >= 4 is 5.82 Å². The highest BCUT2D eigenvalue weighted by Gasteiger charge is 2.14. The van der Waals surface area contributed by atoms with Crippen LogP contribution >= 0.6 is 0 Å². The second-order valence-corrected chi connectivity index (χ2v) is 5.38. The summed E-state index contributed by atoms with van der Waals surface area (Å²) in [6.07, 6.45) is 2.40. The molecule has 0 fully saturated rings. The number of nitrogens with one attached hydrogen (secondary N) is 1. The molecule has 0 saturated heterocycles. The molecule has 0 radical (unpaired) electrons. The Morgan fingerprint density at radius 3 is 2.35 bits per heavy atom. The fourth-order valence-electron chi connectivity index (χ4n) is 2.42. The van der Waals surface area contributed by atoms with Crippen LogP contribution in [-0.4, -0.2) is 47.2 Å². The molecule has 0 aliphatic carbocycles. The molecule has 1 rings (SSSR count). The fourth-order valence-corrected chi connectivity index (χ4v) is 2.42. The van der Waals surface area contributed by atoms with Gasteiger partial charge in [0, 0.05) is 25.7 Å². The van der Waals surface area contributed by atoms with E-state index in [0.29, 0.717) is 24.6 Å². The average Bonchev–Trinajstić information content (AvgIpc) is 2.42. The first kappa shape index (κ1) is 16.7. The third-order valence-corrected chi connectivity index (χ3v) is 3.41. The van der Waals surface area contributed by atoms with Crippen molar-refractivity contribution in [1.29, 1.82) is 0 Å². The number of rotatable bonds is 8. The third-order valence-electron chi connectivity index (χ3n) is 3.41. The van der Waals surface area contributed by atoms with Crippen molar-refractivity contribution in [3.05, 3.63) is 11.9 Å². The Hall–Kier alpha value is -1.36. The minimum Gasteiger partial charge on any atom is -0.476 e. The highest BCUT2D eigenvalue weighted by Crippen LogP contribution is 2.22. The van der Waals surface area contributed by atoms with Gasteiger partial charge in [0.1, 0.15) is 18.8 Å². The number of hydrogen-bond donors (Lipinski definition) is 1. The van der Waals surface area contributed by atoms with E-state index >= 15 is 0 Å². The van der Waals surface area contributed by atoms with Crippen LogP contribution < -0.4 is 10.1 Å². The van der Waals surface area contributed by atoms with E-state index in [-0.39, 0.29) is 0 Å². The van der Waals surface area contributed by atoms with E-state index in [1.54, 1.807) is 6.33 Å². The van der Waals surface area contributed by atoms with Crippen molar-refractivity contribution in [2.75, 3.05) is 25.5 Å². The van der Waals surface area contributed by atoms with Crippen LogP contribution in [0.2, 0.25) is 0 Å². The van der Waals surface area contributed by atoms with E-state index < -0.39 is 0 Å². The van der Waals surface area contributed by atoms with E-state index in [0.717, 1.165) is 24.3 Å². The van der Waals surface area contributed by atoms with Gasteiger partial charge in [-0.25, -0.2) is 9.97 Å². The van der Waals surface area contributed by atoms with E-state index in [1.807, 2.05) is 7.05 Å². The molecule has 114 valence electrons. The van der Waals surface area contributed by atoms with Gasteiger partial charge in [-0.15, -0.1) is 0 Å².